The average molecular weight is 357 g/mol. The molecular weight excluding hydrogens is 338 g/mol. The van der Waals surface area contributed by atoms with Gasteiger partial charge in [0.25, 0.3) is 0 Å². The summed E-state index contributed by atoms with van der Waals surface area (Å²) in [6, 6.07) is 4.51. The number of carbonyl (C=O) groups excluding carboxylic acids is 1. The summed E-state index contributed by atoms with van der Waals surface area (Å²) >= 11 is 0. The molecule has 0 spiro atoms. The first-order chi connectivity index (χ1) is 11.3. The van der Waals surface area contributed by atoms with Gasteiger partial charge in [-0.3, -0.25) is 4.79 Å². The van der Waals surface area contributed by atoms with Crippen molar-refractivity contribution in [3.63, 3.8) is 0 Å². The number of urea groups is 1. The molecule has 10 heteroatoms. The first-order valence-electron chi connectivity index (χ1n) is 7.25. The topological polar surface area (TPSA) is 125 Å². The number of anilines is 1. The maximum absolute atomic E-state index is 12.7. The molecule has 1 aliphatic rings. The van der Waals surface area contributed by atoms with E-state index in [4.69, 9.17) is 9.84 Å². The van der Waals surface area contributed by atoms with E-state index in [2.05, 4.69) is 10.6 Å². The van der Waals surface area contributed by atoms with Crippen molar-refractivity contribution >= 4 is 27.7 Å². The Morgan fingerprint density at radius 1 is 1.33 bits per heavy atom. The Bertz CT molecular complexity index is 704. The number of nitrogens with zero attached hydrogens (tertiary/aromatic N) is 1. The quantitative estimate of drug-likeness (QED) is 0.696. The highest BCUT2D eigenvalue weighted by Gasteiger charge is 2.35. The van der Waals surface area contributed by atoms with Gasteiger partial charge < -0.3 is 20.5 Å². The van der Waals surface area contributed by atoms with E-state index < -0.39 is 28.1 Å². The molecule has 1 aliphatic heterocycles. The number of carbonyl (C=O) groups is 2. The van der Waals surface area contributed by atoms with E-state index in [1.54, 1.807) is 0 Å². The summed E-state index contributed by atoms with van der Waals surface area (Å²) in [7, 11) is -2.38. The van der Waals surface area contributed by atoms with Crippen molar-refractivity contribution in [2.24, 2.45) is 0 Å². The molecule has 9 nitrogen and oxygen atoms in total. The maximum Gasteiger partial charge on any atom is 0.318 e. The van der Waals surface area contributed by atoms with Gasteiger partial charge >= 0.3 is 12.0 Å². The number of carboxylic acids is 1. The predicted octanol–water partition coefficient (Wildman–Crippen LogP) is 0.302. The van der Waals surface area contributed by atoms with Crippen molar-refractivity contribution in [1.82, 2.24) is 9.62 Å². The fourth-order valence-electron chi connectivity index (χ4n) is 2.36. The number of carboxylic acid groups (broad SMARTS) is 1. The molecule has 1 atom stereocenters. The summed E-state index contributed by atoms with van der Waals surface area (Å²) in [6.45, 7) is 0.353. The van der Waals surface area contributed by atoms with Crippen LogP contribution in [-0.2, 0) is 19.6 Å². The van der Waals surface area contributed by atoms with E-state index in [-0.39, 0.29) is 31.1 Å². The Labute approximate surface area is 139 Å². The van der Waals surface area contributed by atoms with E-state index >= 15 is 0 Å². The lowest BCUT2D eigenvalue weighted by molar-refractivity contribution is -0.139. The molecule has 2 rings (SSSR count). The zero-order chi connectivity index (χ0) is 17.7. The first kappa shape index (κ1) is 18.2. The molecular formula is C14H19N3O6S. The normalized spacial score (nSPS) is 18.8. The van der Waals surface area contributed by atoms with Crippen LogP contribution in [0.5, 0.6) is 0 Å². The smallest absolute Gasteiger partial charge is 0.318 e. The number of sulfonamides is 1. The molecule has 0 aromatic heterocycles. The van der Waals surface area contributed by atoms with Crippen LogP contribution in [0.15, 0.2) is 29.2 Å². The van der Waals surface area contributed by atoms with Gasteiger partial charge in [-0.1, -0.05) is 0 Å². The predicted molar refractivity (Wildman–Crippen MR) is 85.3 cm³/mol. The van der Waals surface area contributed by atoms with Crippen molar-refractivity contribution in [3.05, 3.63) is 24.3 Å². The van der Waals surface area contributed by atoms with Crippen LogP contribution >= 0.6 is 0 Å². The van der Waals surface area contributed by atoms with Gasteiger partial charge in [-0.05, 0) is 24.3 Å². The molecule has 1 fully saturated rings. The Balaban J connectivity index is 2.21. The van der Waals surface area contributed by atoms with Crippen LogP contribution in [0.25, 0.3) is 0 Å². The summed E-state index contributed by atoms with van der Waals surface area (Å²) in [5.74, 6) is -1.09. The number of amides is 2. The molecule has 1 aromatic rings. The van der Waals surface area contributed by atoms with Crippen molar-refractivity contribution in [2.45, 2.75) is 17.4 Å². The third kappa shape index (κ3) is 4.22. The molecule has 24 heavy (non-hydrogen) atoms. The van der Waals surface area contributed by atoms with E-state index in [9.17, 15) is 18.0 Å². The summed E-state index contributed by atoms with van der Waals surface area (Å²) < 4.78 is 31.8. The fourth-order valence-corrected chi connectivity index (χ4v) is 3.95. The van der Waals surface area contributed by atoms with Crippen molar-refractivity contribution in [3.8, 4) is 0 Å². The van der Waals surface area contributed by atoms with Gasteiger partial charge in [0.15, 0.2) is 0 Å². The molecule has 0 bridgehead atoms. The number of ether oxygens (including phenoxy) is 1. The SMILES string of the molecule is CNC(=O)Nc1ccc(S(=O)(=O)N2CCOCC2CC(=O)O)cc1. The molecule has 1 heterocycles. The monoisotopic (exact) mass is 357 g/mol. The summed E-state index contributed by atoms with van der Waals surface area (Å²) in [6.07, 6.45) is -0.324. The second kappa shape index (κ2) is 7.60. The van der Waals surface area contributed by atoms with Crippen LogP contribution < -0.4 is 10.6 Å². The van der Waals surface area contributed by atoms with Crippen LogP contribution in [-0.4, -0.2) is 62.7 Å². The van der Waals surface area contributed by atoms with Crippen LogP contribution in [0.3, 0.4) is 0 Å². The van der Waals surface area contributed by atoms with Crippen LogP contribution in [0.4, 0.5) is 10.5 Å². The van der Waals surface area contributed by atoms with E-state index in [0.717, 1.165) is 4.31 Å². The van der Waals surface area contributed by atoms with Crippen LogP contribution in [0.1, 0.15) is 6.42 Å². The number of nitrogens with one attached hydrogen (secondary N) is 2. The Morgan fingerprint density at radius 2 is 2.00 bits per heavy atom. The first-order valence-corrected chi connectivity index (χ1v) is 8.69. The molecule has 0 saturated carbocycles. The lowest BCUT2D eigenvalue weighted by Gasteiger charge is -2.33. The highest BCUT2D eigenvalue weighted by molar-refractivity contribution is 7.89. The summed E-state index contributed by atoms with van der Waals surface area (Å²) in [5, 5.41) is 13.9. The summed E-state index contributed by atoms with van der Waals surface area (Å²) in [5.41, 5.74) is 0.442. The average Bonchev–Trinajstić information content (AvgIpc) is 2.55. The fraction of sp³-hybridized carbons (Fsp3) is 0.429. The van der Waals surface area contributed by atoms with Gasteiger partial charge in [-0.2, -0.15) is 4.31 Å². The number of morpholine rings is 1. The molecule has 2 amide bonds. The molecule has 1 aromatic carbocycles. The molecule has 132 valence electrons. The van der Waals surface area contributed by atoms with E-state index in [1.807, 2.05) is 0 Å². The number of hydrogen-bond acceptors (Lipinski definition) is 5. The van der Waals surface area contributed by atoms with Gasteiger partial charge in [-0.25, -0.2) is 13.2 Å². The van der Waals surface area contributed by atoms with Crippen molar-refractivity contribution in [1.29, 1.82) is 0 Å². The Morgan fingerprint density at radius 3 is 2.58 bits per heavy atom. The highest BCUT2D eigenvalue weighted by Crippen LogP contribution is 2.23. The molecule has 0 aliphatic carbocycles. The zero-order valence-corrected chi connectivity index (χ0v) is 13.9. The number of rotatable bonds is 5. The van der Waals surface area contributed by atoms with E-state index in [0.29, 0.717) is 5.69 Å². The third-order valence-electron chi connectivity index (χ3n) is 3.53. The number of benzene rings is 1. The molecule has 1 unspecified atom stereocenters. The Hall–Kier alpha value is -2.17. The van der Waals surface area contributed by atoms with Gasteiger partial charge in [0, 0.05) is 19.3 Å². The molecule has 3 N–H and O–H groups in total. The largest absolute Gasteiger partial charge is 0.481 e. The maximum atomic E-state index is 12.7. The summed E-state index contributed by atoms with van der Waals surface area (Å²) in [4.78, 5) is 22.2. The minimum atomic E-state index is -3.85. The van der Waals surface area contributed by atoms with E-state index in [1.165, 1.54) is 31.3 Å². The Kier molecular flexibility index (Phi) is 5.75. The lowest BCUT2D eigenvalue weighted by atomic mass is 10.2. The third-order valence-corrected chi connectivity index (χ3v) is 5.50. The van der Waals surface area contributed by atoms with Gasteiger partial charge in [0.05, 0.1) is 30.6 Å². The standard InChI is InChI=1S/C14H19N3O6S/c1-15-14(20)16-10-2-4-12(5-3-10)24(21,22)17-6-7-23-9-11(17)8-13(18)19/h2-5,11H,6-9H2,1H3,(H,18,19)(H2,15,16,20). The minimum absolute atomic E-state index is 0.0299. The number of aliphatic carboxylic acids is 1. The highest BCUT2D eigenvalue weighted by atomic mass is 32.2. The number of hydrogen-bond donors (Lipinski definition) is 3. The van der Waals surface area contributed by atoms with Crippen molar-refractivity contribution in [2.75, 3.05) is 32.1 Å². The molecule has 0 radical (unpaired) electrons. The van der Waals surface area contributed by atoms with Gasteiger partial charge in [0.2, 0.25) is 10.0 Å². The van der Waals surface area contributed by atoms with Crippen LogP contribution in [0, 0.1) is 0 Å². The lowest BCUT2D eigenvalue weighted by Crippen LogP contribution is -2.49. The van der Waals surface area contributed by atoms with Gasteiger partial charge in [0.1, 0.15) is 0 Å². The minimum Gasteiger partial charge on any atom is -0.481 e. The zero-order valence-electron chi connectivity index (χ0n) is 13.1. The second-order valence-corrected chi connectivity index (χ2v) is 7.06. The van der Waals surface area contributed by atoms with Gasteiger partial charge in [-0.15, -0.1) is 0 Å². The van der Waals surface area contributed by atoms with Crippen molar-refractivity contribution < 1.29 is 27.9 Å². The second-order valence-electron chi connectivity index (χ2n) is 5.17. The van der Waals surface area contributed by atoms with Crippen LogP contribution in [0.2, 0.25) is 0 Å². The molecule has 1 saturated heterocycles.